The Balaban J connectivity index is 1.62. The molecule has 0 aliphatic carbocycles. The summed E-state index contributed by atoms with van der Waals surface area (Å²) in [6, 6.07) is 8.79. The Kier molecular flexibility index (Phi) is 11.7. The van der Waals surface area contributed by atoms with Crippen LogP contribution in [0.15, 0.2) is 29.3 Å². The highest BCUT2D eigenvalue weighted by Crippen LogP contribution is 2.14. The lowest BCUT2D eigenvalue weighted by Gasteiger charge is -2.21. The van der Waals surface area contributed by atoms with Crippen molar-refractivity contribution < 1.29 is 9.47 Å². The van der Waals surface area contributed by atoms with E-state index in [1.807, 2.05) is 7.05 Å². The lowest BCUT2D eigenvalue weighted by molar-refractivity contribution is 0.0203. The summed E-state index contributed by atoms with van der Waals surface area (Å²) >= 11 is 0. The molecule has 0 bridgehead atoms. The van der Waals surface area contributed by atoms with E-state index in [1.54, 1.807) is 0 Å². The van der Waals surface area contributed by atoms with Crippen molar-refractivity contribution in [1.82, 2.24) is 15.5 Å². The average molecular weight is 405 g/mol. The molecule has 1 aromatic carbocycles. The molecule has 0 amide bonds. The molecule has 6 heteroatoms. The van der Waals surface area contributed by atoms with E-state index >= 15 is 0 Å². The number of aliphatic imine (C=N–C) groups is 1. The van der Waals surface area contributed by atoms with Gasteiger partial charge in [-0.05, 0) is 49.4 Å². The molecule has 1 aliphatic heterocycles. The molecule has 0 atom stereocenters. The Hall–Kier alpha value is -1.63. The number of ether oxygens (including phenoxy) is 2. The number of nitrogens with zero attached hydrogens (tertiary/aromatic N) is 2. The molecular formula is C23H40N4O2. The van der Waals surface area contributed by atoms with Crippen LogP contribution in [0.25, 0.3) is 0 Å². The fourth-order valence-electron chi connectivity index (χ4n) is 3.49. The molecule has 1 saturated heterocycles. The van der Waals surface area contributed by atoms with Crippen molar-refractivity contribution in [3.05, 3.63) is 35.4 Å². The summed E-state index contributed by atoms with van der Waals surface area (Å²) in [4.78, 5) is 6.75. The highest BCUT2D eigenvalue weighted by Gasteiger charge is 2.13. The van der Waals surface area contributed by atoms with Crippen LogP contribution in [0.4, 0.5) is 0 Å². The van der Waals surface area contributed by atoms with Gasteiger partial charge in [0.05, 0.1) is 0 Å². The molecule has 0 saturated carbocycles. The van der Waals surface area contributed by atoms with Gasteiger partial charge in [-0.1, -0.05) is 38.1 Å². The zero-order valence-corrected chi connectivity index (χ0v) is 18.6. The third-order valence-electron chi connectivity index (χ3n) is 5.43. The summed E-state index contributed by atoms with van der Waals surface area (Å²) in [5, 5.41) is 6.78. The lowest BCUT2D eigenvalue weighted by atomic mass is 10.0. The third kappa shape index (κ3) is 9.61. The number of benzene rings is 1. The standard InChI is InChI=1S/C23H40N4O2/c1-4-27(5-2)18-22-9-6-8-21(16-22)17-26-23(24-3)25-12-7-13-29-19-20-10-14-28-15-11-20/h6,8-9,16,20H,4-5,7,10-15,17-19H2,1-3H3,(H2,24,25,26). The van der Waals surface area contributed by atoms with Gasteiger partial charge in [0.1, 0.15) is 0 Å². The van der Waals surface area contributed by atoms with Gasteiger partial charge in [-0.3, -0.25) is 9.89 Å². The van der Waals surface area contributed by atoms with Crippen LogP contribution in [0, 0.1) is 5.92 Å². The molecule has 1 aliphatic rings. The van der Waals surface area contributed by atoms with Crippen LogP contribution in [0.3, 0.4) is 0 Å². The van der Waals surface area contributed by atoms with E-state index < -0.39 is 0 Å². The van der Waals surface area contributed by atoms with E-state index in [2.05, 4.69) is 58.6 Å². The first-order chi connectivity index (χ1) is 14.2. The van der Waals surface area contributed by atoms with Crippen LogP contribution in [-0.2, 0) is 22.6 Å². The number of hydrogen-bond donors (Lipinski definition) is 2. The average Bonchev–Trinajstić information content (AvgIpc) is 2.77. The number of guanidine groups is 1. The SMILES string of the molecule is CCN(CC)Cc1cccc(CNC(=NC)NCCCOCC2CCOCC2)c1. The fourth-order valence-corrected chi connectivity index (χ4v) is 3.49. The van der Waals surface area contributed by atoms with Crippen LogP contribution < -0.4 is 10.6 Å². The second-order valence-corrected chi connectivity index (χ2v) is 7.62. The van der Waals surface area contributed by atoms with Gasteiger partial charge in [0.25, 0.3) is 0 Å². The molecule has 0 spiro atoms. The highest BCUT2D eigenvalue weighted by molar-refractivity contribution is 5.79. The van der Waals surface area contributed by atoms with Gasteiger partial charge in [-0.25, -0.2) is 0 Å². The number of hydrogen-bond acceptors (Lipinski definition) is 4. The molecule has 0 radical (unpaired) electrons. The van der Waals surface area contributed by atoms with E-state index in [4.69, 9.17) is 9.47 Å². The van der Waals surface area contributed by atoms with Gasteiger partial charge < -0.3 is 20.1 Å². The molecule has 2 N–H and O–H groups in total. The smallest absolute Gasteiger partial charge is 0.191 e. The molecule has 1 aromatic rings. The zero-order chi connectivity index (χ0) is 20.7. The van der Waals surface area contributed by atoms with Crippen LogP contribution >= 0.6 is 0 Å². The van der Waals surface area contributed by atoms with E-state index in [9.17, 15) is 0 Å². The van der Waals surface area contributed by atoms with Gasteiger partial charge in [0.15, 0.2) is 5.96 Å². The molecule has 164 valence electrons. The first kappa shape index (κ1) is 23.6. The van der Waals surface area contributed by atoms with Gasteiger partial charge in [-0.15, -0.1) is 0 Å². The molecule has 1 fully saturated rings. The van der Waals surface area contributed by atoms with Crippen molar-refractivity contribution in [3.63, 3.8) is 0 Å². The summed E-state index contributed by atoms with van der Waals surface area (Å²) in [5.41, 5.74) is 2.63. The summed E-state index contributed by atoms with van der Waals surface area (Å²) < 4.78 is 11.2. The minimum atomic E-state index is 0.670. The maximum Gasteiger partial charge on any atom is 0.191 e. The zero-order valence-electron chi connectivity index (χ0n) is 18.6. The van der Waals surface area contributed by atoms with Crippen LogP contribution in [0.5, 0.6) is 0 Å². The molecule has 29 heavy (non-hydrogen) atoms. The van der Waals surface area contributed by atoms with Crippen molar-refractivity contribution >= 4 is 5.96 Å². The van der Waals surface area contributed by atoms with E-state index in [-0.39, 0.29) is 0 Å². The Bertz CT molecular complexity index is 584. The monoisotopic (exact) mass is 404 g/mol. The predicted molar refractivity (Wildman–Crippen MR) is 120 cm³/mol. The van der Waals surface area contributed by atoms with Crippen molar-refractivity contribution in [2.24, 2.45) is 10.9 Å². The Morgan fingerprint density at radius 2 is 1.93 bits per heavy atom. The first-order valence-electron chi connectivity index (χ1n) is 11.1. The van der Waals surface area contributed by atoms with Gasteiger partial charge >= 0.3 is 0 Å². The molecule has 6 nitrogen and oxygen atoms in total. The summed E-state index contributed by atoms with van der Waals surface area (Å²) in [6.07, 6.45) is 3.24. The normalized spacial score (nSPS) is 15.7. The van der Waals surface area contributed by atoms with Gasteiger partial charge in [-0.2, -0.15) is 0 Å². The first-order valence-corrected chi connectivity index (χ1v) is 11.1. The van der Waals surface area contributed by atoms with Crippen molar-refractivity contribution in [1.29, 1.82) is 0 Å². The van der Waals surface area contributed by atoms with E-state index in [0.717, 1.165) is 84.4 Å². The summed E-state index contributed by atoms with van der Waals surface area (Å²) in [7, 11) is 1.81. The Labute approximate surface area is 177 Å². The second-order valence-electron chi connectivity index (χ2n) is 7.62. The predicted octanol–water partition coefficient (Wildman–Crippen LogP) is 3.03. The molecule has 0 unspecified atom stereocenters. The van der Waals surface area contributed by atoms with Crippen LogP contribution in [-0.4, -0.2) is 64.0 Å². The Morgan fingerprint density at radius 1 is 1.17 bits per heavy atom. The summed E-state index contributed by atoms with van der Waals surface area (Å²) in [5.74, 6) is 1.51. The second kappa shape index (κ2) is 14.4. The van der Waals surface area contributed by atoms with Crippen molar-refractivity contribution in [3.8, 4) is 0 Å². The Morgan fingerprint density at radius 3 is 2.66 bits per heavy atom. The van der Waals surface area contributed by atoms with Crippen molar-refractivity contribution in [2.45, 2.75) is 46.2 Å². The minimum absolute atomic E-state index is 0.670. The van der Waals surface area contributed by atoms with Crippen LogP contribution in [0.1, 0.15) is 44.2 Å². The molecular weight excluding hydrogens is 364 g/mol. The highest BCUT2D eigenvalue weighted by atomic mass is 16.5. The molecule has 2 rings (SSSR count). The fraction of sp³-hybridized carbons (Fsp3) is 0.696. The topological polar surface area (TPSA) is 58.1 Å². The van der Waals surface area contributed by atoms with E-state index in [0.29, 0.717) is 5.92 Å². The molecule has 0 aromatic heterocycles. The summed E-state index contributed by atoms with van der Waals surface area (Å²) in [6.45, 7) is 12.6. The maximum absolute atomic E-state index is 5.82. The van der Waals surface area contributed by atoms with Crippen LogP contribution in [0.2, 0.25) is 0 Å². The van der Waals surface area contributed by atoms with Gasteiger partial charge in [0, 0.05) is 53.1 Å². The lowest BCUT2D eigenvalue weighted by Crippen LogP contribution is -2.37. The molecule has 1 heterocycles. The van der Waals surface area contributed by atoms with Crippen molar-refractivity contribution in [2.75, 3.05) is 53.1 Å². The quantitative estimate of drug-likeness (QED) is 0.319. The number of rotatable bonds is 12. The minimum Gasteiger partial charge on any atom is -0.381 e. The largest absolute Gasteiger partial charge is 0.381 e. The maximum atomic E-state index is 5.82. The third-order valence-corrected chi connectivity index (χ3v) is 5.43. The number of nitrogens with one attached hydrogen (secondary N) is 2. The van der Waals surface area contributed by atoms with Gasteiger partial charge in [0.2, 0.25) is 0 Å². The van der Waals surface area contributed by atoms with E-state index in [1.165, 1.54) is 11.1 Å².